The van der Waals surface area contributed by atoms with E-state index in [-0.39, 0.29) is 23.1 Å². The second kappa shape index (κ2) is 5.03. The molecular weight excluding hydrogens is 272 g/mol. The molecular formula is C11H9F2N5O2. The van der Waals surface area contributed by atoms with Gasteiger partial charge in [0, 0.05) is 0 Å². The molecule has 1 aromatic heterocycles. The molecule has 104 valence electrons. The summed E-state index contributed by atoms with van der Waals surface area (Å²) in [5, 5.41) is 13.3. The standard InChI is InChI=1S/C11H9F2N5O2/c1-5-9(18(19)20)10(17-11(14)15-5)16-7-4-2-3-6(12)8(7)13/h2-4H,1H3,(H3,14,15,16,17). The van der Waals surface area contributed by atoms with Gasteiger partial charge in [-0.1, -0.05) is 6.07 Å². The number of aryl methyl sites for hydroxylation is 1. The third kappa shape index (κ3) is 2.46. The van der Waals surface area contributed by atoms with Crippen LogP contribution in [-0.2, 0) is 0 Å². The Morgan fingerprint density at radius 2 is 2.05 bits per heavy atom. The second-order valence-electron chi connectivity index (χ2n) is 3.85. The third-order valence-corrected chi connectivity index (χ3v) is 2.46. The highest BCUT2D eigenvalue weighted by Gasteiger charge is 2.22. The number of rotatable bonds is 3. The number of nitrogens with zero attached hydrogens (tertiary/aromatic N) is 3. The van der Waals surface area contributed by atoms with Gasteiger partial charge in [0.2, 0.25) is 11.8 Å². The van der Waals surface area contributed by atoms with Gasteiger partial charge in [-0.25, -0.2) is 13.8 Å². The molecule has 0 aliphatic heterocycles. The normalized spacial score (nSPS) is 10.3. The van der Waals surface area contributed by atoms with Crippen LogP contribution in [0.1, 0.15) is 5.69 Å². The van der Waals surface area contributed by atoms with Crippen molar-refractivity contribution in [1.82, 2.24) is 9.97 Å². The van der Waals surface area contributed by atoms with Crippen LogP contribution >= 0.6 is 0 Å². The summed E-state index contributed by atoms with van der Waals surface area (Å²) in [7, 11) is 0. The Bertz CT molecular complexity index is 693. The monoisotopic (exact) mass is 281 g/mol. The molecule has 0 bridgehead atoms. The van der Waals surface area contributed by atoms with Gasteiger partial charge in [-0.3, -0.25) is 10.1 Å². The summed E-state index contributed by atoms with van der Waals surface area (Å²) in [5.41, 5.74) is 4.67. The molecule has 0 aliphatic carbocycles. The van der Waals surface area contributed by atoms with Gasteiger partial charge in [0.25, 0.3) is 0 Å². The molecule has 3 N–H and O–H groups in total. The first-order valence-electron chi connectivity index (χ1n) is 5.39. The van der Waals surface area contributed by atoms with E-state index in [1.807, 2.05) is 0 Å². The minimum absolute atomic E-state index is 0.0156. The highest BCUT2D eigenvalue weighted by molar-refractivity contribution is 5.68. The number of benzene rings is 1. The zero-order valence-corrected chi connectivity index (χ0v) is 10.2. The Hall–Kier alpha value is -2.84. The van der Waals surface area contributed by atoms with Crippen LogP contribution in [0.15, 0.2) is 18.2 Å². The Morgan fingerprint density at radius 1 is 1.35 bits per heavy atom. The maximum absolute atomic E-state index is 13.5. The lowest BCUT2D eigenvalue weighted by molar-refractivity contribution is -0.385. The maximum Gasteiger partial charge on any atom is 0.332 e. The van der Waals surface area contributed by atoms with E-state index < -0.39 is 22.2 Å². The van der Waals surface area contributed by atoms with Gasteiger partial charge in [0.05, 0.1) is 10.6 Å². The smallest absolute Gasteiger partial charge is 0.332 e. The number of anilines is 3. The lowest BCUT2D eigenvalue weighted by atomic mass is 10.2. The minimum atomic E-state index is -1.17. The van der Waals surface area contributed by atoms with Gasteiger partial charge in [-0.05, 0) is 19.1 Å². The largest absolute Gasteiger partial charge is 0.368 e. The quantitative estimate of drug-likeness (QED) is 0.660. The van der Waals surface area contributed by atoms with Crippen LogP contribution < -0.4 is 11.1 Å². The van der Waals surface area contributed by atoms with Crippen LogP contribution in [0.25, 0.3) is 0 Å². The van der Waals surface area contributed by atoms with Crippen molar-refractivity contribution >= 4 is 23.1 Å². The van der Waals surface area contributed by atoms with Crippen molar-refractivity contribution in [3.05, 3.63) is 45.6 Å². The minimum Gasteiger partial charge on any atom is -0.368 e. The maximum atomic E-state index is 13.5. The Labute approximate surface area is 111 Å². The molecule has 0 amide bonds. The summed E-state index contributed by atoms with van der Waals surface area (Å²) in [6.07, 6.45) is 0. The predicted molar refractivity (Wildman–Crippen MR) is 67.5 cm³/mol. The molecule has 0 saturated heterocycles. The Morgan fingerprint density at radius 3 is 2.70 bits per heavy atom. The van der Waals surface area contributed by atoms with E-state index in [1.165, 1.54) is 19.1 Å². The molecule has 7 nitrogen and oxygen atoms in total. The summed E-state index contributed by atoms with van der Waals surface area (Å²) < 4.78 is 26.6. The average molecular weight is 281 g/mol. The topological polar surface area (TPSA) is 107 Å². The van der Waals surface area contributed by atoms with Gasteiger partial charge in [0.15, 0.2) is 11.6 Å². The number of nitrogens with one attached hydrogen (secondary N) is 1. The van der Waals surface area contributed by atoms with Crippen molar-refractivity contribution in [1.29, 1.82) is 0 Å². The molecule has 2 aromatic rings. The van der Waals surface area contributed by atoms with Gasteiger partial charge in [-0.15, -0.1) is 0 Å². The molecule has 0 aliphatic rings. The molecule has 9 heteroatoms. The van der Waals surface area contributed by atoms with Crippen LogP contribution in [-0.4, -0.2) is 14.9 Å². The highest BCUT2D eigenvalue weighted by atomic mass is 19.2. The number of hydrogen-bond acceptors (Lipinski definition) is 6. The SMILES string of the molecule is Cc1nc(N)nc(Nc2cccc(F)c2F)c1[N+](=O)[O-]. The fourth-order valence-electron chi connectivity index (χ4n) is 1.62. The summed E-state index contributed by atoms with van der Waals surface area (Å²) in [4.78, 5) is 17.5. The molecule has 0 fully saturated rings. The van der Waals surface area contributed by atoms with Crippen molar-refractivity contribution in [3.63, 3.8) is 0 Å². The van der Waals surface area contributed by atoms with E-state index in [0.29, 0.717) is 0 Å². The molecule has 1 aromatic carbocycles. The first kappa shape index (κ1) is 13.6. The molecule has 0 radical (unpaired) electrons. The van der Waals surface area contributed by atoms with E-state index in [9.17, 15) is 18.9 Å². The van der Waals surface area contributed by atoms with E-state index in [1.54, 1.807) is 0 Å². The molecule has 1 heterocycles. The van der Waals surface area contributed by atoms with Gasteiger partial charge in [-0.2, -0.15) is 4.98 Å². The Balaban J connectivity index is 2.53. The van der Waals surface area contributed by atoms with Crippen LogP contribution in [0.4, 0.5) is 31.9 Å². The van der Waals surface area contributed by atoms with Crippen LogP contribution in [0, 0.1) is 28.7 Å². The zero-order valence-electron chi connectivity index (χ0n) is 10.2. The molecule has 20 heavy (non-hydrogen) atoms. The molecule has 0 saturated carbocycles. The lowest BCUT2D eigenvalue weighted by Gasteiger charge is -2.09. The van der Waals surface area contributed by atoms with Crippen molar-refractivity contribution in [2.75, 3.05) is 11.1 Å². The summed E-state index contributed by atoms with van der Waals surface area (Å²) in [6, 6.07) is 3.40. The number of nitro groups is 1. The van der Waals surface area contributed by atoms with Crippen LogP contribution in [0.3, 0.4) is 0 Å². The average Bonchev–Trinajstić information content (AvgIpc) is 2.33. The number of hydrogen-bond donors (Lipinski definition) is 2. The number of nitrogen functional groups attached to an aromatic ring is 1. The zero-order chi connectivity index (χ0) is 14.9. The number of nitrogens with two attached hydrogens (primary N) is 1. The Kier molecular flexibility index (Phi) is 3.42. The van der Waals surface area contributed by atoms with Crippen LogP contribution in [0.2, 0.25) is 0 Å². The van der Waals surface area contributed by atoms with Crippen molar-refractivity contribution in [2.45, 2.75) is 6.92 Å². The second-order valence-corrected chi connectivity index (χ2v) is 3.85. The first-order chi connectivity index (χ1) is 9.40. The highest BCUT2D eigenvalue weighted by Crippen LogP contribution is 2.30. The van der Waals surface area contributed by atoms with Crippen molar-refractivity contribution < 1.29 is 13.7 Å². The molecule has 2 rings (SSSR count). The van der Waals surface area contributed by atoms with Gasteiger partial charge < -0.3 is 11.1 Å². The third-order valence-electron chi connectivity index (χ3n) is 2.46. The molecule has 0 spiro atoms. The predicted octanol–water partition coefficient (Wildman–Crippen LogP) is 2.30. The van der Waals surface area contributed by atoms with E-state index in [2.05, 4.69) is 15.3 Å². The lowest BCUT2D eigenvalue weighted by Crippen LogP contribution is -2.08. The van der Waals surface area contributed by atoms with Crippen molar-refractivity contribution in [3.8, 4) is 0 Å². The summed E-state index contributed by atoms with van der Waals surface area (Å²) in [5.74, 6) is -2.77. The molecule has 0 unspecified atom stereocenters. The van der Waals surface area contributed by atoms with Gasteiger partial charge in [0.1, 0.15) is 5.69 Å². The summed E-state index contributed by atoms with van der Waals surface area (Å²) >= 11 is 0. The van der Waals surface area contributed by atoms with E-state index >= 15 is 0 Å². The van der Waals surface area contributed by atoms with E-state index in [0.717, 1.165) is 6.07 Å². The van der Waals surface area contributed by atoms with Crippen LogP contribution in [0.5, 0.6) is 0 Å². The number of halogens is 2. The fraction of sp³-hybridized carbons (Fsp3) is 0.0909. The van der Waals surface area contributed by atoms with Crippen molar-refractivity contribution in [2.24, 2.45) is 0 Å². The van der Waals surface area contributed by atoms with Gasteiger partial charge >= 0.3 is 5.69 Å². The van der Waals surface area contributed by atoms with E-state index in [4.69, 9.17) is 5.73 Å². The summed E-state index contributed by atoms with van der Waals surface area (Å²) in [6.45, 7) is 1.36. The first-order valence-corrected chi connectivity index (χ1v) is 5.39. The fourth-order valence-corrected chi connectivity index (χ4v) is 1.62. The molecule has 0 atom stereocenters. The number of aromatic nitrogens is 2.